The Labute approximate surface area is 217 Å². The summed E-state index contributed by atoms with van der Waals surface area (Å²) in [5.74, 6) is 1.96. The zero-order valence-electron chi connectivity index (χ0n) is 21.5. The van der Waals surface area contributed by atoms with Crippen LogP contribution in [0.5, 0.6) is 17.4 Å². The Bertz CT molecular complexity index is 1020. The van der Waals surface area contributed by atoms with E-state index >= 15 is 0 Å². The molecular weight excluding hydrogens is 503 g/mol. The first-order chi connectivity index (χ1) is 17.8. The second kappa shape index (κ2) is 14.1. The highest BCUT2D eigenvalue weighted by Crippen LogP contribution is 2.37. The number of pyridine rings is 2. The predicted octanol–water partition coefficient (Wildman–Crippen LogP) is 3.92. The molecule has 0 atom stereocenters. The average Bonchev–Trinajstić information content (AvgIpc) is 2.85. The Balaban J connectivity index is 1.58. The van der Waals surface area contributed by atoms with Crippen LogP contribution in [-0.2, 0) is 9.26 Å². The standard InChI is InChI=1S/C24H35N4O8P/c1-16(2)35-24(29)28-12-9-18(10-13-28)36-20-8-11-25-23(22(20)32-4)27-19-6-7-21(26-17(19)3)33-14-5-15-34-37(30)31/h6-8,11,16,18,30-31H,5,9-10,12-15H2,1-4H3,(H,25,27). The number of hydrogen-bond acceptors (Lipinski definition) is 11. The second-order valence-corrected chi connectivity index (χ2v) is 9.39. The van der Waals surface area contributed by atoms with Crippen LogP contribution in [0.1, 0.15) is 38.8 Å². The first-order valence-electron chi connectivity index (χ1n) is 12.1. The molecule has 0 unspecified atom stereocenters. The summed E-state index contributed by atoms with van der Waals surface area (Å²) in [5, 5.41) is 3.25. The average molecular weight is 539 g/mol. The van der Waals surface area contributed by atoms with Crippen molar-refractivity contribution in [2.75, 3.05) is 38.7 Å². The summed E-state index contributed by atoms with van der Waals surface area (Å²) < 4.78 is 27.4. The molecule has 13 heteroatoms. The maximum absolute atomic E-state index is 12.1. The molecule has 0 radical (unpaired) electrons. The van der Waals surface area contributed by atoms with Crippen LogP contribution in [0, 0.1) is 6.92 Å². The Morgan fingerprint density at radius 3 is 2.62 bits per heavy atom. The van der Waals surface area contributed by atoms with Gasteiger partial charge in [0.05, 0.1) is 37.8 Å². The first kappa shape index (κ1) is 28.6. The number of amides is 1. The Hall–Kier alpha value is -2.92. The number of ether oxygens (including phenoxy) is 4. The summed E-state index contributed by atoms with van der Waals surface area (Å²) in [6.07, 6.45) is 2.99. The van der Waals surface area contributed by atoms with Gasteiger partial charge in [0, 0.05) is 50.7 Å². The van der Waals surface area contributed by atoms with E-state index in [0.29, 0.717) is 67.8 Å². The van der Waals surface area contributed by atoms with Crippen molar-refractivity contribution in [2.45, 2.75) is 52.2 Å². The Morgan fingerprint density at radius 2 is 1.97 bits per heavy atom. The van der Waals surface area contributed by atoms with E-state index in [4.69, 9.17) is 33.3 Å². The van der Waals surface area contributed by atoms with Gasteiger partial charge in [-0.15, -0.1) is 0 Å². The predicted molar refractivity (Wildman–Crippen MR) is 137 cm³/mol. The molecule has 3 N–H and O–H groups in total. The van der Waals surface area contributed by atoms with Crippen molar-refractivity contribution >= 4 is 26.2 Å². The Kier molecular flexibility index (Phi) is 10.9. The second-order valence-electron chi connectivity index (χ2n) is 8.62. The van der Waals surface area contributed by atoms with Crippen LogP contribution in [0.15, 0.2) is 24.4 Å². The zero-order valence-corrected chi connectivity index (χ0v) is 22.4. The lowest BCUT2D eigenvalue weighted by Gasteiger charge is -2.32. The molecule has 37 heavy (non-hydrogen) atoms. The third-order valence-electron chi connectivity index (χ3n) is 5.46. The molecule has 2 aromatic rings. The topological polar surface area (TPSA) is 145 Å². The number of methoxy groups -OCH3 is 1. The highest BCUT2D eigenvalue weighted by molar-refractivity contribution is 7.39. The highest BCUT2D eigenvalue weighted by atomic mass is 31.2. The van der Waals surface area contributed by atoms with Gasteiger partial charge in [0.25, 0.3) is 0 Å². The number of aromatic nitrogens is 2. The molecule has 1 saturated heterocycles. The highest BCUT2D eigenvalue weighted by Gasteiger charge is 2.26. The molecule has 1 aliphatic heterocycles. The molecular formula is C24H35N4O8P. The van der Waals surface area contributed by atoms with E-state index in [1.807, 2.05) is 26.8 Å². The summed E-state index contributed by atoms with van der Waals surface area (Å²) in [5.41, 5.74) is 1.42. The number of nitrogens with one attached hydrogen (secondary N) is 1. The van der Waals surface area contributed by atoms with Crippen LogP contribution in [0.3, 0.4) is 0 Å². The van der Waals surface area contributed by atoms with Crippen molar-refractivity contribution in [3.8, 4) is 17.4 Å². The molecule has 1 fully saturated rings. The van der Waals surface area contributed by atoms with E-state index < -0.39 is 8.60 Å². The molecule has 3 heterocycles. The largest absolute Gasteiger partial charge is 0.490 e. The number of aryl methyl sites for hydroxylation is 1. The van der Waals surface area contributed by atoms with Crippen molar-refractivity contribution < 1.29 is 38.1 Å². The third-order valence-corrected chi connectivity index (χ3v) is 5.88. The van der Waals surface area contributed by atoms with E-state index in [1.54, 1.807) is 30.3 Å². The number of nitrogens with zero attached hydrogens (tertiary/aromatic N) is 3. The van der Waals surface area contributed by atoms with Gasteiger partial charge in [-0.25, -0.2) is 14.8 Å². The molecule has 1 aliphatic rings. The van der Waals surface area contributed by atoms with Crippen molar-refractivity contribution in [3.05, 3.63) is 30.1 Å². The van der Waals surface area contributed by atoms with Crippen LogP contribution in [0.25, 0.3) is 0 Å². The summed E-state index contributed by atoms with van der Waals surface area (Å²) >= 11 is 0. The number of piperidine rings is 1. The minimum absolute atomic E-state index is 0.0702. The maximum atomic E-state index is 12.1. The van der Waals surface area contributed by atoms with E-state index in [0.717, 1.165) is 5.69 Å². The molecule has 0 spiro atoms. The number of rotatable bonds is 12. The summed E-state index contributed by atoms with van der Waals surface area (Å²) in [7, 11) is -0.790. The number of likely N-dealkylation sites (tertiary alicyclic amines) is 1. The van der Waals surface area contributed by atoms with E-state index in [9.17, 15) is 4.79 Å². The molecule has 0 saturated carbocycles. The Morgan fingerprint density at radius 1 is 1.22 bits per heavy atom. The van der Waals surface area contributed by atoms with Crippen LogP contribution < -0.4 is 19.5 Å². The monoisotopic (exact) mass is 538 g/mol. The fourth-order valence-corrected chi connectivity index (χ4v) is 3.97. The van der Waals surface area contributed by atoms with Crippen LogP contribution in [0.4, 0.5) is 16.3 Å². The maximum Gasteiger partial charge on any atom is 0.410 e. The number of carbonyl (C=O) groups excluding carboxylic acids is 1. The van der Waals surface area contributed by atoms with Crippen LogP contribution in [0.2, 0.25) is 0 Å². The number of carbonyl (C=O) groups is 1. The molecule has 0 bridgehead atoms. The normalized spacial score (nSPS) is 14.1. The van der Waals surface area contributed by atoms with Gasteiger partial charge < -0.3 is 43.5 Å². The fraction of sp³-hybridized carbons (Fsp3) is 0.542. The van der Waals surface area contributed by atoms with Gasteiger partial charge in [0.1, 0.15) is 6.10 Å². The van der Waals surface area contributed by atoms with E-state index in [2.05, 4.69) is 15.3 Å². The van der Waals surface area contributed by atoms with E-state index in [1.165, 1.54) is 0 Å². The van der Waals surface area contributed by atoms with Gasteiger partial charge in [-0.05, 0) is 26.8 Å². The van der Waals surface area contributed by atoms with Crippen molar-refractivity contribution in [1.29, 1.82) is 0 Å². The van der Waals surface area contributed by atoms with Gasteiger partial charge in [-0.3, -0.25) is 0 Å². The van der Waals surface area contributed by atoms with Crippen LogP contribution >= 0.6 is 8.60 Å². The molecule has 12 nitrogen and oxygen atoms in total. The van der Waals surface area contributed by atoms with Gasteiger partial charge >= 0.3 is 14.7 Å². The minimum atomic E-state index is -2.35. The molecule has 1 amide bonds. The van der Waals surface area contributed by atoms with Crippen LogP contribution in [-0.4, -0.2) is 76.4 Å². The van der Waals surface area contributed by atoms with E-state index in [-0.39, 0.29) is 24.9 Å². The molecule has 204 valence electrons. The summed E-state index contributed by atoms with van der Waals surface area (Å²) in [6, 6.07) is 5.31. The number of anilines is 2. The lowest BCUT2D eigenvalue weighted by atomic mass is 10.1. The SMILES string of the molecule is COc1c(OC2CCN(C(=O)OC(C)C)CC2)ccnc1Nc1ccc(OCCCOP(O)O)nc1C. The third kappa shape index (κ3) is 8.85. The van der Waals surface area contributed by atoms with Gasteiger partial charge in [-0.2, -0.15) is 0 Å². The van der Waals surface area contributed by atoms with Crippen molar-refractivity contribution in [2.24, 2.45) is 0 Å². The van der Waals surface area contributed by atoms with Crippen molar-refractivity contribution in [1.82, 2.24) is 14.9 Å². The lowest BCUT2D eigenvalue weighted by molar-refractivity contribution is 0.0511. The van der Waals surface area contributed by atoms with Gasteiger partial charge in [0.2, 0.25) is 11.6 Å². The smallest absolute Gasteiger partial charge is 0.410 e. The lowest BCUT2D eigenvalue weighted by Crippen LogP contribution is -2.42. The van der Waals surface area contributed by atoms with Crippen molar-refractivity contribution in [3.63, 3.8) is 0 Å². The molecule has 3 rings (SSSR count). The van der Waals surface area contributed by atoms with Gasteiger partial charge in [-0.1, -0.05) is 0 Å². The summed E-state index contributed by atoms with van der Waals surface area (Å²) in [4.78, 5) is 40.2. The fourth-order valence-electron chi connectivity index (χ4n) is 3.68. The molecule has 0 aromatic carbocycles. The molecule has 0 aliphatic carbocycles. The quantitative estimate of drug-likeness (QED) is 0.267. The first-order valence-corrected chi connectivity index (χ1v) is 13.3. The summed E-state index contributed by atoms with van der Waals surface area (Å²) in [6.45, 7) is 7.15. The zero-order chi connectivity index (χ0) is 26.8. The van der Waals surface area contributed by atoms with Gasteiger partial charge in [0.15, 0.2) is 11.6 Å². The molecule has 2 aromatic heterocycles. The number of hydrogen-bond donors (Lipinski definition) is 3. The minimum Gasteiger partial charge on any atom is -0.490 e.